The van der Waals surface area contributed by atoms with Crippen LogP contribution in [-0.2, 0) is 18.4 Å². The van der Waals surface area contributed by atoms with Crippen molar-refractivity contribution in [3.63, 3.8) is 0 Å². The third-order valence-electron chi connectivity index (χ3n) is 2.94. The number of nitrogens with one attached hydrogen (secondary N) is 1. The van der Waals surface area contributed by atoms with Crippen LogP contribution >= 0.6 is 11.3 Å². The first-order chi connectivity index (χ1) is 9.11. The summed E-state index contributed by atoms with van der Waals surface area (Å²) in [5.41, 5.74) is 0.882. The molecule has 0 saturated heterocycles. The molecule has 2 rings (SSSR count). The normalized spacial score (nSPS) is 12.4. The van der Waals surface area contributed by atoms with Crippen molar-refractivity contribution in [1.82, 2.24) is 20.0 Å². The Morgan fingerprint density at radius 3 is 2.95 bits per heavy atom. The number of nitrogens with zero attached hydrogens (tertiary/aromatic N) is 3. The Labute approximate surface area is 116 Å². The van der Waals surface area contributed by atoms with Crippen molar-refractivity contribution in [3.8, 4) is 0 Å². The molecule has 1 atom stereocenters. The smallest absolute Gasteiger partial charge is 0.244 e. The summed E-state index contributed by atoms with van der Waals surface area (Å²) in [7, 11) is 5.45. The number of thiophene rings is 1. The van der Waals surface area contributed by atoms with Crippen molar-refractivity contribution in [2.75, 3.05) is 14.1 Å². The maximum atomic E-state index is 12.4. The first-order valence-corrected chi connectivity index (χ1v) is 6.93. The van der Waals surface area contributed by atoms with E-state index in [1.54, 1.807) is 34.2 Å². The van der Waals surface area contributed by atoms with Gasteiger partial charge in [-0.25, -0.2) is 0 Å². The minimum Gasteiger partial charge on any atom is -0.339 e. The Morgan fingerprint density at radius 2 is 2.42 bits per heavy atom. The molecule has 0 aliphatic rings. The minimum atomic E-state index is -0.348. The number of rotatable bonds is 5. The van der Waals surface area contributed by atoms with E-state index in [4.69, 9.17) is 0 Å². The van der Waals surface area contributed by atoms with Gasteiger partial charge >= 0.3 is 0 Å². The summed E-state index contributed by atoms with van der Waals surface area (Å²) < 4.78 is 1.70. The van der Waals surface area contributed by atoms with Gasteiger partial charge in [0.25, 0.3) is 0 Å². The van der Waals surface area contributed by atoms with Crippen LogP contribution in [0.15, 0.2) is 29.9 Å². The standard InChI is InChI=1S/C13H18N4OS/c1-14-12(10-7-15-17(3)8-10)13(18)16(2)9-11-5-4-6-19-11/h4-8,12,14H,9H2,1-3H3. The highest BCUT2D eigenvalue weighted by Gasteiger charge is 2.23. The minimum absolute atomic E-state index is 0.0453. The molecule has 0 aliphatic heterocycles. The Morgan fingerprint density at radius 1 is 1.63 bits per heavy atom. The molecule has 1 N–H and O–H groups in total. The number of carbonyl (C=O) groups excluding carboxylic acids is 1. The van der Waals surface area contributed by atoms with E-state index in [9.17, 15) is 4.79 Å². The maximum absolute atomic E-state index is 12.4. The predicted octanol–water partition coefficient (Wildman–Crippen LogP) is 1.40. The molecule has 0 aromatic carbocycles. The third-order valence-corrected chi connectivity index (χ3v) is 3.80. The van der Waals surface area contributed by atoms with Crippen molar-refractivity contribution in [3.05, 3.63) is 40.3 Å². The lowest BCUT2D eigenvalue weighted by Crippen LogP contribution is -2.36. The molecule has 0 saturated carbocycles. The zero-order valence-corrected chi connectivity index (χ0v) is 12.1. The summed E-state index contributed by atoms with van der Waals surface area (Å²) in [6.07, 6.45) is 3.58. The molecule has 0 fully saturated rings. The topological polar surface area (TPSA) is 50.2 Å². The van der Waals surface area contributed by atoms with Gasteiger partial charge in [0, 0.05) is 30.7 Å². The van der Waals surface area contributed by atoms with Crippen LogP contribution in [-0.4, -0.2) is 34.7 Å². The number of amides is 1. The van der Waals surface area contributed by atoms with Crippen molar-refractivity contribution in [2.45, 2.75) is 12.6 Å². The number of hydrogen-bond donors (Lipinski definition) is 1. The van der Waals surface area contributed by atoms with Gasteiger partial charge in [0.2, 0.25) is 5.91 Å². The summed E-state index contributed by atoms with van der Waals surface area (Å²) in [4.78, 5) is 15.4. The Hall–Kier alpha value is -1.66. The SMILES string of the molecule is CNC(C(=O)N(C)Cc1cccs1)c1cnn(C)c1. The molecule has 0 aliphatic carbocycles. The molecule has 2 heterocycles. The molecule has 1 amide bonds. The number of aromatic nitrogens is 2. The van der Waals surface area contributed by atoms with Gasteiger partial charge in [-0.15, -0.1) is 11.3 Å². The number of hydrogen-bond acceptors (Lipinski definition) is 4. The van der Waals surface area contributed by atoms with Crippen LogP contribution in [0.5, 0.6) is 0 Å². The second-order valence-electron chi connectivity index (χ2n) is 4.44. The van der Waals surface area contributed by atoms with E-state index in [0.717, 1.165) is 5.56 Å². The van der Waals surface area contributed by atoms with Crippen LogP contribution in [0.2, 0.25) is 0 Å². The summed E-state index contributed by atoms with van der Waals surface area (Å²) in [6.45, 7) is 0.634. The van der Waals surface area contributed by atoms with Crippen molar-refractivity contribution >= 4 is 17.2 Å². The zero-order valence-electron chi connectivity index (χ0n) is 11.3. The highest BCUT2D eigenvalue weighted by Crippen LogP contribution is 2.17. The van der Waals surface area contributed by atoms with Crippen LogP contribution < -0.4 is 5.32 Å². The highest BCUT2D eigenvalue weighted by atomic mass is 32.1. The van der Waals surface area contributed by atoms with Gasteiger partial charge in [0.1, 0.15) is 6.04 Å². The fourth-order valence-electron chi connectivity index (χ4n) is 1.96. The van der Waals surface area contributed by atoms with E-state index in [1.165, 1.54) is 4.88 Å². The maximum Gasteiger partial charge on any atom is 0.244 e. The van der Waals surface area contributed by atoms with Crippen LogP contribution in [0.3, 0.4) is 0 Å². The van der Waals surface area contributed by atoms with Gasteiger partial charge in [-0.1, -0.05) is 6.07 Å². The van der Waals surface area contributed by atoms with Gasteiger partial charge in [0.05, 0.1) is 12.7 Å². The average molecular weight is 278 g/mol. The summed E-state index contributed by atoms with van der Waals surface area (Å²) in [6, 6.07) is 3.68. The molecule has 0 radical (unpaired) electrons. The molecule has 1 unspecified atom stereocenters. The zero-order chi connectivity index (χ0) is 13.8. The van der Waals surface area contributed by atoms with Crippen LogP contribution in [0.1, 0.15) is 16.5 Å². The molecule has 6 heteroatoms. The van der Waals surface area contributed by atoms with Gasteiger partial charge < -0.3 is 10.2 Å². The van der Waals surface area contributed by atoms with Crippen molar-refractivity contribution in [1.29, 1.82) is 0 Å². The van der Waals surface area contributed by atoms with E-state index in [-0.39, 0.29) is 11.9 Å². The molecule has 0 bridgehead atoms. The number of likely N-dealkylation sites (N-methyl/N-ethyl adjacent to an activating group) is 2. The first-order valence-electron chi connectivity index (χ1n) is 6.05. The van der Waals surface area contributed by atoms with E-state index >= 15 is 0 Å². The summed E-state index contributed by atoms with van der Waals surface area (Å²) in [5, 5.41) is 9.18. The van der Waals surface area contributed by atoms with E-state index in [2.05, 4.69) is 10.4 Å². The average Bonchev–Trinajstić information content (AvgIpc) is 3.02. The predicted molar refractivity (Wildman–Crippen MR) is 75.8 cm³/mol. The Balaban J connectivity index is 2.08. The summed E-state index contributed by atoms with van der Waals surface area (Å²) >= 11 is 1.66. The van der Waals surface area contributed by atoms with Crippen LogP contribution in [0, 0.1) is 0 Å². The summed E-state index contributed by atoms with van der Waals surface area (Å²) in [5.74, 6) is 0.0453. The molecule has 0 spiro atoms. The highest BCUT2D eigenvalue weighted by molar-refractivity contribution is 7.09. The molecule has 102 valence electrons. The van der Waals surface area contributed by atoms with E-state index in [1.807, 2.05) is 37.8 Å². The molecular weight excluding hydrogens is 260 g/mol. The van der Waals surface area contributed by atoms with Gasteiger partial charge in [0.15, 0.2) is 0 Å². The lowest BCUT2D eigenvalue weighted by Gasteiger charge is -2.22. The second kappa shape index (κ2) is 5.99. The first kappa shape index (κ1) is 13.8. The second-order valence-corrected chi connectivity index (χ2v) is 5.47. The lowest BCUT2D eigenvalue weighted by molar-refractivity contribution is -0.132. The van der Waals surface area contributed by atoms with Crippen molar-refractivity contribution in [2.24, 2.45) is 7.05 Å². The largest absolute Gasteiger partial charge is 0.339 e. The molecular formula is C13H18N4OS. The lowest BCUT2D eigenvalue weighted by atomic mass is 10.1. The van der Waals surface area contributed by atoms with Gasteiger partial charge in [-0.05, 0) is 18.5 Å². The van der Waals surface area contributed by atoms with Crippen molar-refractivity contribution < 1.29 is 4.79 Å². The van der Waals surface area contributed by atoms with Gasteiger partial charge in [-0.3, -0.25) is 9.48 Å². The van der Waals surface area contributed by atoms with Crippen LogP contribution in [0.25, 0.3) is 0 Å². The molecule has 5 nitrogen and oxygen atoms in total. The van der Waals surface area contributed by atoms with E-state index < -0.39 is 0 Å². The third kappa shape index (κ3) is 3.21. The quantitative estimate of drug-likeness (QED) is 0.899. The monoisotopic (exact) mass is 278 g/mol. The fourth-order valence-corrected chi connectivity index (χ4v) is 2.71. The fraction of sp³-hybridized carbons (Fsp3) is 0.385. The Kier molecular flexibility index (Phi) is 4.34. The van der Waals surface area contributed by atoms with E-state index in [0.29, 0.717) is 6.54 Å². The molecule has 2 aromatic rings. The Bertz CT molecular complexity index is 535. The van der Waals surface area contributed by atoms with Gasteiger partial charge in [-0.2, -0.15) is 5.10 Å². The molecule has 2 aromatic heterocycles. The molecule has 19 heavy (non-hydrogen) atoms. The number of aryl methyl sites for hydroxylation is 1. The number of carbonyl (C=O) groups is 1. The van der Waals surface area contributed by atoms with Crippen LogP contribution in [0.4, 0.5) is 0 Å².